The minimum absolute atomic E-state index is 0.318. The largest absolute Gasteiger partial charge is 0.407 e. The minimum atomic E-state index is -0.803. The molecule has 0 unspecified atom stereocenters. The molecule has 1 N–H and O–H groups in total. The number of hydrogen-bond acceptors (Lipinski definition) is 5. The number of aliphatic imine (C=N–C) groups is 1. The lowest BCUT2D eigenvalue weighted by molar-refractivity contribution is -0.139. The summed E-state index contributed by atoms with van der Waals surface area (Å²) >= 11 is 0. The van der Waals surface area contributed by atoms with Gasteiger partial charge in [0.25, 0.3) is 0 Å². The Morgan fingerprint density at radius 1 is 1.53 bits per heavy atom. The normalized spacial score (nSPS) is 20.1. The molecule has 0 aliphatic carbocycles. The number of nitrogens with one attached hydrogen (secondary N) is 1. The van der Waals surface area contributed by atoms with Crippen LogP contribution in [0.25, 0.3) is 0 Å². The van der Waals surface area contributed by atoms with E-state index in [-0.39, 0.29) is 5.97 Å². The highest BCUT2D eigenvalue weighted by atomic mass is 16.7. The van der Waals surface area contributed by atoms with E-state index in [1.807, 2.05) is 6.92 Å². The molecule has 0 saturated carbocycles. The summed E-state index contributed by atoms with van der Waals surface area (Å²) in [5.41, 5.74) is 1.20. The molecule has 0 bridgehead atoms. The van der Waals surface area contributed by atoms with Gasteiger partial charge in [0, 0.05) is 6.54 Å². The summed E-state index contributed by atoms with van der Waals surface area (Å²) in [6.45, 7) is 9.61. The Labute approximate surface area is 89.8 Å². The van der Waals surface area contributed by atoms with Crippen molar-refractivity contribution < 1.29 is 14.4 Å². The lowest BCUT2D eigenvalue weighted by Gasteiger charge is -2.22. The molecule has 0 radical (unpaired) electrons. The van der Waals surface area contributed by atoms with E-state index in [1.165, 1.54) is 0 Å². The van der Waals surface area contributed by atoms with E-state index in [4.69, 9.17) is 9.57 Å². The van der Waals surface area contributed by atoms with Gasteiger partial charge in [0.2, 0.25) is 5.90 Å². The van der Waals surface area contributed by atoms with Gasteiger partial charge in [-0.1, -0.05) is 6.92 Å². The van der Waals surface area contributed by atoms with E-state index in [0.29, 0.717) is 12.4 Å². The van der Waals surface area contributed by atoms with E-state index in [0.717, 1.165) is 0 Å². The monoisotopic (exact) mass is 214 g/mol. The van der Waals surface area contributed by atoms with Crippen molar-refractivity contribution in [2.45, 2.75) is 45.8 Å². The number of cyclic esters (lactones) is 1. The number of rotatable bonds is 4. The van der Waals surface area contributed by atoms with Crippen LogP contribution in [0.4, 0.5) is 0 Å². The second-order valence-electron chi connectivity index (χ2n) is 4.48. The molecule has 0 amide bonds. The van der Waals surface area contributed by atoms with Crippen molar-refractivity contribution in [1.29, 1.82) is 0 Å². The second kappa shape index (κ2) is 3.90. The van der Waals surface area contributed by atoms with Gasteiger partial charge >= 0.3 is 5.97 Å². The fourth-order valence-electron chi connectivity index (χ4n) is 1.09. The molecule has 0 aromatic heterocycles. The Bertz CT molecular complexity index is 295. The molecule has 5 heteroatoms. The second-order valence-corrected chi connectivity index (χ2v) is 4.48. The number of hydroxylamine groups is 1. The van der Waals surface area contributed by atoms with Crippen LogP contribution in [0.15, 0.2) is 4.99 Å². The Balaban J connectivity index is 2.77. The first-order valence-corrected chi connectivity index (χ1v) is 5.03. The maximum Gasteiger partial charge on any atom is 0.340 e. The lowest BCUT2D eigenvalue weighted by atomic mass is 10.1. The third-order valence-electron chi connectivity index (χ3n) is 2.06. The van der Waals surface area contributed by atoms with Crippen LogP contribution in [0, 0.1) is 0 Å². The molecule has 0 spiro atoms. The summed E-state index contributed by atoms with van der Waals surface area (Å²) in [7, 11) is 0. The van der Waals surface area contributed by atoms with Crippen LogP contribution in [-0.4, -0.2) is 29.6 Å². The Morgan fingerprint density at radius 2 is 2.13 bits per heavy atom. The van der Waals surface area contributed by atoms with Crippen LogP contribution < -0.4 is 5.48 Å². The Hall–Kier alpha value is -0.940. The molecule has 86 valence electrons. The third kappa shape index (κ3) is 2.54. The maximum absolute atomic E-state index is 11.4. The molecule has 0 fully saturated rings. The molecular weight excluding hydrogens is 196 g/mol. The molecule has 0 aromatic rings. The summed E-state index contributed by atoms with van der Waals surface area (Å²) in [5, 5.41) is 0. The van der Waals surface area contributed by atoms with Crippen LogP contribution in [0.1, 0.15) is 34.6 Å². The molecule has 0 atom stereocenters. The van der Waals surface area contributed by atoms with Crippen molar-refractivity contribution in [3.05, 3.63) is 0 Å². The van der Waals surface area contributed by atoms with E-state index in [1.54, 1.807) is 27.7 Å². The first-order valence-electron chi connectivity index (χ1n) is 5.03. The van der Waals surface area contributed by atoms with Gasteiger partial charge in [-0.3, -0.25) is 4.84 Å². The van der Waals surface area contributed by atoms with Crippen LogP contribution in [-0.2, 0) is 14.4 Å². The Morgan fingerprint density at radius 3 is 2.53 bits per heavy atom. The van der Waals surface area contributed by atoms with Gasteiger partial charge in [-0.15, -0.1) is 0 Å². The van der Waals surface area contributed by atoms with E-state index >= 15 is 0 Å². The number of carbonyl (C=O) groups excluding carboxylic acids is 1. The topological polar surface area (TPSA) is 59.9 Å². The zero-order chi connectivity index (χ0) is 11.7. The van der Waals surface area contributed by atoms with E-state index in [9.17, 15) is 4.79 Å². The van der Waals surface area contributed by atoms with Gasteiger partial charge in [-0.2, -0.15) is 0 Å². The van der Waals surface area contributed by atoms with Crippen molar-refractivity contribution in [2.24, 2.45) is 4.99 Å². The summed E-state index contributed by atoms with van der Waals surface area (Å²) in [4.78, 5) is 21.0. The maximum atomic E-state index is 11.4. The minimum Gasteiger partial charge on any atom is -0.407 e. The predicted molar refractivity (Wildman–Crippen MR) is 56.4 cm³/mol. The smallest absolute Gasteiger partial charge is 0.340 e. The van der Waals surface area contributed by atoms with Crippen molar-refractivity contribution in [3.63, 3.8) is 0 Å². The summed E-state index contributed by atoms with van der Waals surface area (Å²) < 4.78 is 5.08. The molecule has 0 aromatic carbocycles. The molecule has 0 saturated heterocycles. The molecule has 1 rings (SSSR count). The van der Waals surface area contributed by atoms with Crippen LogP contribution in [0.5, 0.6) is 0 Å². The molecular formula is C10H18N2O3. The number of carbonyl (C=O) groups is 1. The summed E-state index contributed by atoms with van der Waals surface area (Å²) in [5.74, 6) is -0.0240. The highest BCUT2D eigenvalue weighted by Crippen LogP contribution is 2.25. The van der Waals surface area contributed by atoms with Crippen molar-refractivity contribution in [3.8, 4) is 0 Å². The number of ether oxygens (including phenoxy) is 1. The number of nitrogens with zero attached hydrogens (tertiary/aromatic N) is 1. The standard InChI is InChI=1S/C10H18N2O3/c1-6-11-15-10(4,5)7-12-9(2,3)8(13)14-7/h11H,6H2,1-5H3. The van der Waals surface area contributed by atoms with Crippen molar-refractivity contribution in [2.75, 3.05) is 6.54 Å². The van der Waals surface area contributed by atoms with Gasteiger partial charge in [-0.05, 0) is 27.7 Å². The van der Waals surface area contributed by atoms with Crippen LogP contribution in [0.2, 0.25) is 0 Å². The van der Waals surface area contributed by atoms with Crippen LogP contribution in [0.3, 0.4) is 0 Å². The third-order valence-corrected chi connectivity index (χ3v) is 2.06. The molecule has 15 heavy (non-hydrogen) atoms. The van der Waals surface area contributed by atoms with E-state index < -0.39 is 11.1 Å². The van der Waals surface area contributed by atoms with E-state index in [2.05, 4.69) is 10.5 Å². The lowest BCUT2D eigenvalue weighted by Crippen LogP contribution is -2.40. The summed E-state index contributed by atoms with van der Waals surface area (Å²) in [6, 6.07) is 0. The van der Waals surface area contributed by atoms with Crippen LogP contribution >= 0.6 is 0 Å². The molecule has 1 heterocycles. The quantitative estimate of drug-likeness (QED) is 0.561. The highest BCUT2D eigenvalue weighted by Gasteiger charge is 2.43. The van der Waals surface area contributed by atoms with Gasteiger partial charge < -0.3 is 4.74 Å². The zero-order valence-corrected chi connectivity index (χ0v) is 9.88. The number of esters is 1. The first-order chi connectivity index (χ1) is 6.79. The number of hydrogen-bond donors (Lipinski definition) is 1. The highest BCUT2D eigenvalue weighted by molar-refractivity contribution is 6.02. The van der Waals surface area contributed by atoms with Gasteiger partial charge in [0.1, 0.15) is 0 Å². The first kappa shape index (κ1) is 12.1. The zero-order valence-electron chi connectivity index (χ0n) is 9.88. The molecule has 1 aliphatic rings. The van der Waals surface area contributed by atoms with Crippen molar-refractivity contribution >= 4 is 11.9 Å². The molecule has 1 aliphatic heterocycles. The predicted octanol–water partition coefficient (Wildman–Crippen LogP) is 1.04. The van der Waals surface area contributed by atoms with Gasteiger partial charge in [-0.25, -0.2) is 15.3 Å². The van der Waals surface area contributed by atoms with Gasteiger partial charge in [0.05, 0.1) is 0 Å². The van der Waals surface area contributed by atoms with Gasteiger partial charge in [0.15, 0.2) is 11.1 Å². The fraction of sp³-hybridized carbons (Fsp3) is 0.800. The summed E-state index contributed by atoms with van der Waals surface area (Å²) in [6.07, 6.45) is 0. The SMILES string of the molecule is CCNOC(C)(C)C1=NC(C)(C)C(=O)O1. The van der Waals surface area contributed by atoms with Crippen molar-refractivity contribution in [1.82, 2.24) is 5.48 Å². The Kier molecular flexibility index (Phi) is 3.16. The molecule has 5 nitrogen and oxygen atoms in total. The average Bonchev–Trinajstić information content (AvgIpc) is 2.39. The fourth-order valence-corrected chi connectivity index (χ4v) is 1.09. The average molecular weight is 214 g/mol.